The number of ether oxygens (including phenoxy) is 1. The number of amides is 2. The number of hydrogen-bond acceptors (Lipinski definition) is 4. The average molecular weight is 418 g/mol. The number of nitrogens with zero attached hydrogens (tertiary/aromatic N) is 2. The lowest BCUT2D eigenvalue weighted by molar-refractivity contribution is 0.172. The van der Waals surface area contributed by atoms with Gasteiger partial charge in [-0.1, -0.05) is 29.8 Å². The van der Waals surface area contributed by atoms with Crippen LogP contribution in [0.4, 0.5) is 4.79 Å². The molecule has 0 unspecified atom stereocenters. The normalized spacial score (nSPS) is 15.2. The van der Waals surface area contributed by atoms with Crippen LogP contribution in [0.5, 0.6) is 5.75 Å². The van der Waals surface area contributed by atoms with E-state index in [0.29, 0.717) is 26.2 Å². The topological polar surface area (TPSA) is 79.0 Å². The summed E-state index contributed by atoms with van der Waals surface area (Å²) in [6.45, 7) is 6.16. The molecule has 0 bridgehead atoms. The Morgan fingerprint density at radius 2 is 1.62 bits per heavy atom. The van der Waals surface area contributed by atoms with Crippen LogP contribution in [0.3, 0.4) is 0 Å². The van der Waals surface area contributed by atoms with Crippen molar-refractivity contribution in [2.45, 2.75) is 25.3 Å². The molecule has 156 valence electrons. The average Bonchev–Trinajstić information content (AvgIpc) is 2.73. The second-order valence-electron chi connectivity index (χ2n) is 6.94. The van der Waals surface area contributed by atoms with Crippen LogP contribution in [0.2, 0.25) is 0 Å². The van der Waals surface area contributed by atoms with Gasteiger partial charge in [-0.15, -0.1) is 0 Å². The van der Waals surface area contributed by atoms with E-state index in [4.69, 9.17) is 4.74 Å². The van der Waals surface area contributed by atoms with E-state index in [0.717, 1.165) is 16.9 Å². The first-order chi connectivity index (χ1) is 13.9. The molecule has 1 heterocycles. The summed E-state index contributed by atoms with van der Waals surface area (Å²) >= 11 is 0. The number of carbonyl (C=O) groups excluding carboxylic acids is 1. The molecule has 0 spiro atoms. The molecule has 2 aromatic rings. The fourth-order valence-corrected chi connectivity index (χ4v) is 4.57. The van der Waals surface area contributed by atoms with Gasteiger partial charge in [-0.2, -0.15) is 4.31 Å². The first-order valence-electron chi connectivity index (χ1n) is 9.71. The summed E-state index contributed by atoms with van der Waals surface area (Å²) in [5, 5.41) is 2.89. The zero-order valence-electron chi connectivity index (χ0n) is 16.8. The SMILES string of the molecule is CCOc1ccc(CNC(=O)N2CCN(S(=O)(=O)c3ccc(C)cc3)CC2)cc1. The Bertz CT molecular complexity index is 919. The molecule has 0 aromatic heterocycles. The van der Waals surface area contributed by atoms with E-state index in [1.165, 1.54) is 4.31 Å². The molecule has 7 nitrogen and oxygen atoms in total. The summed E-state index contributed by atoms with van der Waals surface area (Å²) < 4.78 is 32.4. The van der Waals surface area contributed by atoms with Gasteiger partial charge in [-0.25, -0.2) is 13.2 Å². The van der Waals surface area contributed by atoms with E-state index >= 15 is 0 Å². The van der Waals surface area contributed by atoms with Gasteiger partial charge in [0, 0.05) is 32.7 Å². The van der Waals surface area contributed by atoms with Crippen LogP contribution in [-0.4, -0.2) is 56.4 Å². The van der Waals surface area contributed by atoms with Gasteiger partial charge in [0.05, 0.1) is 11.5 Å². The lowest BCUT2D eigenvalue weighted by Crippen LogP contribution is -2.52. The van der Waals surface area contributed by atoms with E-state index < -0.39 is 10.0 Å². The molecule has 1 fully saturated rings. The first-order valence-corrected chi connectivity index (χ1v) is 11.2. The summed E-state index contributed by atoms with van der Waals surface area (Å²) in [6.07, 6.45) is 0. The lowest BCUT2D eigenvalue weighted by atomic mass is 10.2. The fourth-order valence-electron chi connectivity index (χ4n) is 3.15. The Labute approximate surface area is 172 Å². The second-order valence-corrected chi connectivity index (χ2v) is 8.88. The number of sulfonamides is 1. The van der Waals surface area contributed by atoms with Crippen LogP contribution in [0, 0.1) is 6.92 Å². The third kappa shape index (κ3) is 5.27. The van der Waals surface area contributed by atoms with Crippen molar-refractivity contribution in [1.29, 1.82) is 0 Å². The van der Waals surface area contributed by atoms with Crippen LogP contribution >= 0.6 is 0 Å². The van der Waals surface area contributed by atoms with Crippen LogP contribution in [-0.2, 0) is 16.6 Å². The zero-order chi connectivity index (χ0) is 20.9. The number of urea groups is 1. The summed E-state index contributed by atoms with van der Waals surface area (Å²) in [4.78, 5) is 14.4. The molecule has 29 heavy (non-hydrogen) atoms. The highest BCUT2D eigenvalue weighted by atomic mass is 32.2. The molecule has 0 saturated carbocycles. The summed E-state index contributed by atoms with van der Waals surface area (Å²) in [5.74, 6) is 0.800. The molecule has 1 saturated heterocycles. The van der Waals surface area contributed by atoms with E-state index in [2.05, 4.69) is 5.32 Å². The molecule has 1 N–H and O–H groups in total. The molecule has 3 rings (SSSR count). The monoisotopic (exact) mass is 417 g/mol. The van der Waals surface area contributed by atoms with Gasteiger partial charge in [0.15, 0.2) is 0 Å². The largest absolute Gasteiger partial charge is 0.494 e. The molecule has 0 aliphatic carbocycles. The van der Waals surface area contributed by atoms with Crippen molar-refractivity contribution in [2.24, 2.45) is 0 Å². The number of aryl methyl sites for hydroxylation is 1. The predicted molar refractivity (Wildman–Crippen MR) is 111 cm³/mol. The number of rotatable bonds is 6. The van der Waals surface area contributed by atoms with Gasteiger partial charge in [0.1, 0.15) is 5.75 Å². The van der Waals surface area contributed by atoms with Crippen LogP contribution in [0.25, 0.3) is 0 Å². The molecule has 2 amide bonds. The van der Waals surface area contributed by atoms with Crippen LogP contribution in [0.1, 0.15) is 18.1 Å². The highest BCUT2D eigenvalue weighted by Crippen LogP contribution is 2.18. The van der Waals surface area contributed by atoms with Crippen molar-refractivity contribution >= 4 is 16.1 Å². The molecule has 0 atom stereocenters. The number of benzene rings is 2. The smallest absolute Gasteiger partial charge is 0.317 e. The molecule has 0 radical (unpaired) electrons. The Balaban J connectivity index is 1.50. The lowest BCUT2D eigenvalue weighted by Gasteiger charge is -2.34. The summed E-state index contributed by atoms with van der Waals surface area (Å²) in [6, 6.07) is 14.2. The molecule has 1 aliphatic heterocycles. The van der Waals surface area contributed by atoms with Gasteiger partial charge in [-0.3, -0.25) is 0 Å². The van der Waals surface area contributed by atoms with Gasteiger partial charge in [0.25, 0.3) is 0 Å². The zero-order valence-corrected chi connectivity index (χ0v) is 17.6. The van der Waals surface area contributed by atoms with Crippen molar-refractivity contribution in [3.05, 3.63) is 59.7 Å². The van der Waals surface area contributed by atoms with Gasteiger partial charge in [0.2, 0.25) is 10.0 Å². The van der Waals surface area contributed by atoms with Crippen molar-refractivity contribution in [1.82, 2.24) is 14.5 Å². The minimum absolute atomic E-state index is 0.189. The van der Waals surface area contributed by atoms with E-state index in [1.54, 1.807) is 29.2 Å². The van der Waals surface area contributed by atoms with E-state index in [-0.39, 0.29) is 24.0 Å². The van der Waals surface area contributed by atoms with Gasteiger partial charge >= 0.3 is 6.03 Å². The standard InChI is InChI=1S/C21H27N3O4S/c1-3-28-19-8-6-18(7-9-19)16-22-21(25)23-12-14-24(15-13-23)29(26,27)20-10-4-17(2)5-11-20/h4-11H,3,12-16H2,1-2H3,(H,22,25). The Morgan fingerprint density at radius 1 is 1.00 bits per heavy atom. The molecule has 1 aliphatic rings. The highest BCUT2D eigenvalue weighted by molar-refractivity contribution is 7.89. The van der Waals surface area contributed by atoms with Gasteiger partial charge in [-0.05, 0) is 43.7 Å². The molecular weight excluding hydrogens is 390 g/mol. The van der Waals surface area contributed by atoms with Crippen molar-refractivity contribution in [2.75, 3.05) is 32.8 Å². The molecule has 8 heteroatoms. The number of nitrogens with one attached hydrogen (secondary N) is 1. The minimum atomic E-state index is -3.53. The highest BCUT2D eigenvalue weighted by Gasteiger charge is 2.29. The third-order valence-corrected chi connectivity index (χ3v) is 6.78. The Kier molecular flexibility index (Phi) is 6.76. The first kappa shape index (κ1) is 21.1. The third-order valence-electron chi connectivity index (χ3n) is 4.86. The van der Waals surface area contributed by atoms with Gasteiger partial charge < -0.3 is 15.0 Å². The maximum absolute atomic E-state index is 12.8. The van der Waals surface area contributed by atoms with Crippen molar-refractivity contribution in [3.63, 3.8) is 0 Å². The Morgan fingerprint density at radius 3 is 2.21 bits per heavy atom. The van der Waals surface area contributed by atoms with E-state index in [9.17, 15) is 13.2 Å². The summed E-state index contributed by atoms with van der Waals surface area (Å²) in [7, 11) is -3.53. The maximum Gasteiger partial charge on any atom is 0.317 e. The quantitative estimate of drug-likeness (QED) is 0.784. The Hall–Kier alpha value is -2.58. The van der Waals surface area contributed by atoms with Crippen molar-refractivity contribution in [3.8, 4) is 5.75 Å². The van der Waals surface area contributed by atoms with Crippen molar-refractivity contribution < 1.29 is 17.9 Å². The number of piperazine rings is 1. The second kappa shape index (κ2) is 9.28. The minimum Gasteiger partial charge on any atom is -0.494 e. The number of hydrogen-bond donors (Lipinski definition) is 1. The van der Waals surface area contributed by atoms with Crippen LogP contribution in [0.15, 0.2) is 53.4 Å². The molecular formula is C21H27N3O4S. The predicted octanol–water partition coefficient (Wildman–Crippen LogP) is 2.61. The fraction of sp³-hybridized carbons (Fsp3) is 0.381. The van der Waals surface area contributed by atoms with Crippen LogP contribution < -0.4 is 10.1 Å². The molecule has 2 aromatic carbocycles. The number of carbonyl (C=O) groups is 1. The summed E-state index contributed by atoms with van der Waals surface area (Å²) in [5.41, 5.74) is 1.99. The maximum atomic E-state index is 12.8. The van der Waals surface area contributed by atoms with E-state index in [1.807, 2.05) is 38.1 Å².